The first-order valence-corrected chi connectivity index (χ1v) is 7.09. The number of benzene rings is 1. The maximum Gasteiger partial charge on any atom is 0.168 e. The lowest BCUT2D eigenvalue weighted by molar-refractivity contribution is 0.0967. The second-order valence-electron chi connectivity index (χ2n) is 4.89. The molecule has 1 aromatic carbocycles. The summed E-state index contributed by atoms with van der Waals surface area (Å²) in [6.45, 7) is 0.966. The van der Waals surface area contributed by atoms with Crippen LogP contribution in [0.15, 0.2) is 17.1 Å². The zero-order chi connectivity index (χ0) is 14.1. The van der Waals surface area contributed by atoms with Crippen LogP contribution in [0.25, 0.3) is 0 Å². The van der Waals surface area contributed by atoms with Crippen molar-refractivity contribution in [3.05, 3.63) is 17.7 Å². The van der Waals surface area contributed by atoms with Crippen molar-refractivity contribution in [1.29, 1.82) is 0 Å². The maximum absolute atomic E-state index is 12.3. The van der Waals surface area contributed by atoms with Crippen LogP contribution in [-0.2, 0) is 0 Å². The largest absolute Gasteiger partial charge is 0.486 e. The highest BCUT2D eigenvalue weighted by Gasteiger charge is 2.33. The second-order valence-corrected chi connectivity index (χ2v) is 5.16. The molecule has 6 heteroatoms. The molecule has 20 heavy (non-hydrogen) atoms. The standard InChI is InChI=1S/C14H15ClN2O3/c15-7-13(16)17-10-6-12-11(19-3-4-20-12)5-9(10)14(18)8-1-2-8/h5-6,8H,1-4,7H2,(H2,16,17). The van der Waals surface area contributed by atoms with Crippen molar-refractivity contribution in [2.45, 2.75) is 12.8 Å². The van der Waals surface area contributed by atoms with Crippen LogP contribution in [0.5, 0.6) is 11.5 Å². The quantitative estimate of drug-likeness (QED) is 0.400. The summed E-state index contributed by atoms with van der Waals surface area (Å²) in [7, 11) is 0. The zero-order valence-electron chi connectivity index (χ0n) is 10.9. The number of hydrogen-bond donors (Lipinski definition) is 1. The average molecular weight is 295 g/mol. The molecule has 0 spiro atoms. The van der Waals surface area contributed by atoms with Gasteiger partial charge in [0.2, 0.25) is 0 Å². The molecule has 0 bridgehead atoms. The van der Waals surface area contributed by atoms with E-state index in [-0.39, 0.29) is 23.4 Å². The molecule has 0 amide bonds. The number of aliphatic imine (C=N–C) groups is 1. The normalized spacial score (nSPS) is 17.9. The average Bonchev–Trinajstić information content (AvgIpc) is 3.30. The summed E-state index contributed by atoms with van der Waals surface area (Å²) < 4.78 is 11.0. The molecule has 0 unspecified atom stereocenters. The van der Waals surface area contributed by atoms with Crippen molar-refractivity contribution >= 4 is 28.9 Å². The predicted molar refractivity (Wildman–Crippen MR) is 76.5 cm³/mol. The van der Waals surface area contributed by atoms with E-state index in [9.17, 15) is 4.79 Å². The third-order valence-corrected chi connectivity index (χ3v) is 3.55. The fourth-order valence-electron chi connectivity index (χ4n) is 2.12. The summed E-state index contributed by atoms with van der Waals surface area (Å²) in [4.78, 5) is 16.6. The molecule has 0 saturated heterocycles. The molecule has 2 aliphatic rings. The third kappa shape index (κ3) is 2.58. The van der Waals surface area contributed by atoms with Gasteiger partial charge in [0.25, 0.3) is 0 Å². The summed E-state index contributed by atoms with van der Waals surface area (Å²) in [5.74, 6) is 1.75. The van der Waals surface area contributed by atoms with Crippen molar-refractivity contribution in [3.8, 4) is 11.5 Å². The fourth-order valence-corrected chi connectivity index (χ4v) is 2.18. The number of carbonyl (C=O) groups is 1. The molecule has 0 aromatic heterocycles. The van der Waals surface area contributed by atoms with E-state index in [1.165, 1.54) is 0 Å². The van der Waals surface area contributed by atoms with Crippen LogP contribution < -0.4 is 15.2 Å². The number of fused-ring (bicyclic) bond motifs is 1. The number of ether oxygens (including phenoxy) is 2. The Kier molecular flexibility index (Phi) is 3.53. The van der Waals surface area contributed by atoms with Gasteiger partial charge in [0.05, 0.1) is 11.6 Å². The molecule has 1 saturated carbocycles. The number of hydrogen-bond acceptors (Lipinski definition) is 4. The Balaban J connectivity index is 2.06. The molecule has 0 atom stereocenters. The van der Waals surface area contributed by atoms with Gasteiger partial charge in [0, 0.05) is 17.5 Å². The molecule has 1 fully saturated rings. The number of Topliss-reactive ketones (excluding diaryl/α,β-unsaturated/α-hetero) is 1. The van der Waals surface area contributed by atoms with E-state index >= 15 is 0 Å². The Bertz CT molecular complexity index is 582. The molecule has 1 heterocycles. The highest BCUT2D eigenvalue weighted by atomic mass is 35.5. The highest BCUT2D eigenvalue weighted by Crippen LogP contribution is 2.41. The maximum atomic E-state index is 12.3. The van der Waals surface area contributed by atoms with Gasteiger partial charge in [-0.3, -0.25) is 4.79 Å². The van der Waals surface area contributed by atoms with Crippen molar-refractivity contribution in [3.63, 3.8) is 0 Å². The van der Waals surface area contributed by atoms with Gasteiger partial charge >= 0.3 is 0 Å². The van der Waals surface area contributed by atoms with E-state index in [1.54, 1.807) is 12.1 Å². The highest BCUT2D eigenvalue weighted by molar-refractivity contribution is 6.28. The van der Waals surface area contributed by atoms with E-state index in [4.69, 9.17) is 26.8 Å². The van der Waals surface area contributed by atoms with Gasteiger partial charge in [-0.1, -0.05) is 0 Å². The van der Waals surface area contributed by atoms with Crippen LogP contribution >= 0.6 is 11.6 Å². The Morgan fingerprint density at radius 3 is 2.55 bits per heavy atom. The van der Waals surface area contributed by atoms with Gasteiger partial charge in [0.15, 0.2) is 17.3 Å². The SMILES string of the molecule is NC(CCl)=Nc1cc2c(cc1C(=O)C1CC1)OCCO2. The molecular formula is C14H15ClN2O3. The molecule has 1 aliphatic carbocycles. The molecule has 1 aromatic rings. The molecule has 3 rings (SSSR count). The van der Waals surface area contributed by atoms with Crippen molar-refractivity contribution in [2.75, 3.05) is 19.1 Å². The first-order chi connectivity index (χ1) is 9.69. The summed E-state index contributed by atoms with van der Waals surface area (Å²) in [6.07, 6.45) is 1.86. The Morgan fingerprint density at radius 1 is 1.30 bits per heavy atom. The van der Waals surface area contributed by atoms with Gasteiger partial charge in [-0.25, -0.2) is 4.99 Å². The number of carbonyl (C=O) groups excluding carboxylic acids is 1. The topological polar surface area (TPSA) is 73.9 Å². The molecule has 2 N–H and O–H groups in total. The van der Waals surface area contributed by atoms with Gasteiger partial charge < -0.3 is 15.2 Å². The molecule has 1 aliphatic heterocycles. The first kappa shape index (κ1) is 13.2. The van der Waals surface area contributed by atoms with Crippen molar-refractivity contribution in [1.82, 2.24) is 0 Å². The number of amidine groups is 1. The minimum Gasteiger partial charge on any atom is -0.486 e. The van der Waals surface area contributed by atoms with Crippen molar-refractivity contribution < 1.29 is 14.3 Å². The Hall–Kier alpha value is -1.75. The monoisotopic (exact) mass is 294 g/mol. The van der Waals surface area contributed by atoms with Crippen LogP contribution in [-0.4, -0.2) is 30.7 Å². The van der Waals surface area contributed by atoms with E-state index in [1.807, 2.05) is 0 Å². The summed E-state index contributed by atoms with van der Waals surface area (Å²) >= 11 is 5.66. The van der Waals surface area contributed by atoms with Gasteiger partial charge in [-0.2, -0.15) is 0 Å². The lowest BCUT2D eigenvalue weighted by atomic mass is 10.0. The number of ketones is 1. The van der Waals surface area contributed by atoms with E-state index in [0.29, 0.717) is 36.0 Å². The Morgan fingerprint density at radius 2 is 1.95 bits per heavy atom. The van der Waals surface area contributed by atoms with Crippen LogP contribution in [0.3, 0.4) is 0 Å². The van der Waals surface area contributed by atoms with E-state index < -0.39 is 0 Å². The van der Waals surface area contributed by atoms with Crippen LogP contribution in [0.4, 0.5) is 5.69 Å². The smallest absolute Gasteiger partial charge is 0.168 e. The fraction of sp³-hybridized carbons (Fsp3) is 0.429. The number of nitrogens with zero attached hydrogens (tertiary/aromatic N) is 1. The van der Waals surface area contributed by atoms with Gasteiger partial charge in [-0.15, -0.1) is 11.6 Å². The number of nitrogens with two attached hydrogens (primary N) is 1. The number of rotatable bonds is 4. The van der Waals surface area contributed by atoms with E-state index in [0.717, 1.165) is 12.8 Å². The van der Waals surface area contributed by atoms with Crippen LogP contribution in [0.1, 0.15) is 23.2 Å². The summed E-state index contributed by atoms with van der Waals surface area (Å²) in [6, 6.07) is 3.40. The summed E-state index contributed by atoms with van der Waals surface area (Å²) in [5.41, 5.74) is 6.71. The third-order valence-electron chi connectivity index (χ3n) is 3.28. The minimum absolute atomic E-state index is 0.0862. The van der Waals surface area contributed by atoms with Gasteiger partial charge in [-0.05, 0) is 18.9 Å². The second kappa shape index (κ2) is 5.32. The lowest BCUT2D eigenvalue weighted by Crippen LogP contribution is -2.17. The van der Waals surface area contributed by atoms with Crippen molar-refractivity contribution in [2.24, 2.45) is 16.6 Å². The number of halogens is 1. The van der Waals surface area contributed by atoms with Gasteiger partial charge in [0.1, 0.15) is 19.0 Å². The molecule has 106 valence electrons. The zero-order valence-corrected chi connectivity index (χ0v) is 11.7. The van der Waals surface area contributed by atoms with E-state index in [2.05, 4.69) is 4.99 Å². The van der Waals surface area contributed by atoms with Crippen LogP contribution in [0, 0.1) is 5.92 Å². The Labute approximate surface area is 121 Å². The lowest BCUT2D eigenvalue weighted by Gasteiger charge is -2.20. The minimum atomic E-state index is 0.0862. The predicted octanol–water partition coefficient (Wildman–Crippen LogP) is 2.28. The first-order valence-electron chi connectivity index (χ1n) is 6.56. The number of alkyl halides is 1. The molecule has 5 nitrogen and oxygen atoms in total. The molecular weight excluding hydrogens is 280 g/mol. The summed E-state index contributed by atoms with van der Waals surface area (Å²) in [5, 5.41) is 0. The molecule has 0 radical (unpaired) electrons. The van der Waals surface area contributed by atoms with Crippen LogP contribution in [0.2, 0.25) is 0 Å².